The largest absolute Gasteiger partial charge is 0.480 e. The second kappa shape index (κ2) is 7.33. The lowest BCUT2D eigenvalue weighted by molar-refractivity contribution is -0.145. The first-order chi connectivity index (χ1) is 10.1. The molecule has 6 nitrogen and oxygen atoms in total. The molecule has 0 saturated carbocycles. The van der Waals surface area contributed by atoms with Gasteiger partial charge in [0.15, 0.2) is 0 Å². The quantitative estimate of drug-likeness (QED) is 0.835. The number of rotatable bonds is 5. The van der Waals surface area contributed by atoms with Crippen LogP contribution in [0.5, 0.6) is 0 Å². The highest BCUT2D eigenvalue weighted by Crippen LogP contribution is 2.17. The van der Waals surface area contributed by atoms with E-state index in [9.17, 15) is 9.59 Å². The van der Waals surface area contributed by atoms with Gasteiger partial charge in [-0.25, -0.2) is 4.98 Å². The number of thiazole rings is 1. The molecular formula is C14H18N2O4S. The van der Waals surface area contributed by atoms with Gasteiger partial charge in [0.2, 0.25) is 5.91 Å². The molecule has 1 aromatic heterocycles. The zero-order valence-electron chi connectivity index (χ0n) is 11.8. The first kappa shape index (κ1) is 15.7. The number of carbonyl (C=O) groups is 2. The SMILES string of the molecule is Cc1ncc(C=CC(=O)N(CC(=O)O)C2CCOCC2)s1. The van der Waals surface area contributed by atoms with Crippen molar-refractivity contribution in [1.82, 2.24) is 9.88 Å². The van der Waals surface area contributed by atoms with Crippen molar-refractivity contribution in [3.05, 3.63) is 22.2 Å². The molecule has 21 heavy (non-hydrogen) atoms. The van der Waals surface area contributed by atoms with Crippen LogP contribution in [0, 0.1) is 6.92 Å². The van der Waals surface area contributed by atoms with E-state index in [-0.39, 0.29) is 18.5 Å². The number of aliphatic carboxylic acids is 1. The summed E-state index contributed by atoms with van der Waals surface area (Å²) in [5.74, 6) is -1.28. The fraction of sp³-hybridized carbons (Fsp3) is 0.500. The maximum atomic E-state index is 12.3. The van der Waals surface area contributed by atoms with Crippen molar-refractivity contribution < 1.29 is 19.4 Å². The molecule has 0 atom stereocenters. The van der Waals surface area contributed by atoms with Crippen LogP contribution in [-0.4, -0.2) is 52.7 Å². The van der Waals surface area contributed by atoms with E-state index in [0.29, 0.717) is 26.1 Å². The molecule has 0 aromatic carbocycles. The molecule has 114 valence electrons. The van der Waals surface area contributed by atoms with Crippen molar-refractivity contribution in [3.8, 4) is 0 Å². The molecule has 0 aliphatic carbocycles. The Labute approximate surface area is 127 Å². The van der Waals surface area contributed by atoms with Gasteiger partial charge in [-0.2, -0.15) is 0 Å². The molecule has 0 radical (unpaired) electrons. The summed E-state index contributed by atoms with van der Waals surface area (Å²) in [5.41, 5.74) is 0. The summed E-state index contributed by atoms with van der Waals surface area (Å²) >= 11 is 1.49. The number of aromatic nitrogens is 1. The summed E-state index contributed by atoms with van der Waals surface area (Å²) in [4.78, 5) is 29.7. The van der Waals surface area contributed by atoms with Crippen LogP contribution in [0.15, 0.2) is 12.3 Å². The third-order valence-electron chi connectivity index (χ3n) is 3.25. The van der Waals surface area contributed by atoms with Crippen molar-refractivity contribution in [2.75, 3.05) is 19.8 Å². The molecule has 2 rings (SSSR count). The molecule has 0 bridgehead atoms. The van der Waals surface area contributed by atoms with Gasteiger partial charge < -0.3 is 14.7 Å². The third-order valence-corrected chi connectivity index (χ3v) is 4.13. The van der Waals surface area contributed by atoms with Gasteiger partial charge in [0.25, 0.3) is 0 Å². The van der Waals surface area contributed by atoms with Crippen LogP contribution < -0.4 is 0 Å². The van der Waals surface area contributed by atoms with Crippen LogP contribution in [0.2, 0.25) is 0 Å². The average molecular weight is 310 g/mol. The summed E-state index contributed by atoms with van der Waals surface area (Å²) in [6, 6.07) is -0.0739. The fourth-order valence-electron chi connectivity index (χ4n) is 2.23. The Balaban J connectivity index is 2.05. The van der Waals surface area contributed by atoms with Gasteiger partial charge in [0, 0.05) is 36.4 Å². The van der Waals surface area contributed by atoms with Crippen LogP contribution >= 0.6 is 11.3 Å². The van der Waals surface area contributed by atoms with Gasteiger partial charge >= 0.3 is 5.97 Å². The van der Waals surface area contributed by atoms with Gasteiger partial charge in [-0.1, -0.05) is 0 Å². The topological polar surface area (TPSA) is 79.7 Å². The molecule has 1 aliphatic rings. The maximum absolute atomic E-state index is 12.3. The van der Waals surface area contributed by atoms with E-state index in [2.05, 4.69) is 4.98 Å². The van der Waals surface area contributed by atoms with E-state index in [1.54, 1.807) is 12.3 Å². The number of carboxylic acid groups (broad SMARTS) is 1. The van der Waals surface area contributed by atoms with Crippen molar-refractivity contribution in [2.24, 2.45) is 0 Å². The molecule has 1 fully saturated rings. The summed E-state index contributed by atoms with van der Waals surface area (Å²) in [5, 5.41) is 9.92. The van der Waals surface area contributed by atoms with Crippen LogP contribution in [0.1, 0.15) is 22.7 Å². The van der Waals surface area contributed by atoms with Gasteiger partial charge in [-0.05, 0) is 25.8 Å². The minimum atomic E-state index is -1.00. The smallest absolute Gasteiger partial charge is 0.323 e. The highest BCUT2D eigenvalue weighted by molar-refractivity contribution is 7.12. The molecule has 0 unspecified atom stereocenters. The Bertz CT molecular complexity index is 535. The first-order valence-corrected chi connectivity index (χ1v) is 7.58. The number of amides is 1. The van der Waals surface area contributed by atoms with Crippen LogP contribution in [0.25, 0.3) is 6.08 Å². The number of carboxylic acids is 1. The highest BCUT2D eigenvalue weighted by atomic mass is 32.1. The second-order valence-electron chi connectivity index (χ2n) is 4.82. The van der Waals surface area contributed by atoms with Crippen molar-refractivity contribution in [3.63, 3.8) is 0 Å². The minimum Gasteiger partial charge on any atom is -0.480 e. The number of carbonyl (C=O) groups excluding carboxylic acids is 1. The van der Waals surface area contributed by atoms with Crippen molar-refractivity contribution in [2.45, 2.75) is 25.8 Å². The normalized spacial score (nSPS) is 16.2. The summed E-state index contributed by atoms with van der Waals surface area (Å²) in [7, 11) is 0. The van der Waals surface area contributed by atoms with E-state index in [1.807, 2.05) is 6.92 Å². The fourth-order valence-corrected chi connectivity index (χ4v) is 2.92. The van der Waals surface area contributed by atoms with E-state index >= 15 is 0 Å². The number of hydrogen-bond donors (Lipinski definition) is 1. The van der Waals surface area contributed by atoms with Crippen LogP contribution in [0.4, 0.5) is 0 Å². The lowest BCUT2D eigenvalue weighted by Crippen LogP contribution is -2.45. The zero-order chi connectivity index (χ0) is 15.2. The van der Waals surface area contributed by atoms with E-state index in [1.165, 1.54) is 22.3 Å². The molecular weight excluding hydrogens is 292 g/mol. The Hall–Kier alpha value is -1.73. The highest BCUT2D eigenvalue weighted by Gasteiger charge is 2.26. The van der Waals surface area contributed by atoms with Gasteiger partial charge in [0.05, 0.1) is 5.01 Å². The number of hydrogen-bond acceptors (Lipinski definition) is 5. The lowest BCUT2D eigenvalue weighted by atomic mass is 10.1. The third kappa shape index (κ3) is 4.64. The first-order valence-electron chi connectivity index (χ1n) is 6.77. The Morgan fingerprint density at radius 1 is 1.52 bits per heavy atom. The van der Waals surface area contributed by atoms with Gasteiger partial charge in [-0.3, -0.25) is 9.59 Å². The molecule has 2 heterocycles. The van der Waals surface area contributed by atoms with E-state index < -0.39 is 5.97 Å². The Morgan fingerprint density at radius 3 is 2.81 bits per heavy atom. The molecule has 1 aromatic rings. The lowest BCUT2D eigenvalue weighted by Gasteiger charge is -2.32. The van der Waals surface area contributed by atoms with E-state index in [4.69, 9.17) is 9.84 Å². The van der Waals surface area contributed by atoms with Gasteiger partial charge in [-0.15, -0.1) is 11.3 Å². The number of ether oxygens (including phenoxy) is 1. The Kier molecular flexibility index (Phi) is 5.46. The molecule has 7 heteroatoms. The zero-order valence-corrected chi connectivity index (χ0v) is 12.6. The molecule has 1 saturated heterocycles. The summed E-state index contributed by atoms with van der Waals surface area (Å²) < 4.78 is 5.26. The van der Waals surface area contributed by atoms with Crippen LogP contribution in [-0.2, 0) is 14.3 Å². The van der Waals surface area contributed by atoms with E-state index in [0.717, 1.165) is 9.88 Å². The predicted molar refractivity (Wildman–Crippen MR) is 79.1 cm³/mol. The predicted octanol–water partition coefficient (Wildman–Crippen LogP) is 1.56. The number of nitrogens with zero attached hydrogens (tertiary/aromatic N) is 2. The maximum Gasteiger partial charge on any atom is 0.323 e. The minimum absolute atomic E-state index is 0.0739. The van der Waals surface area contributed by atoms with Crippen molar-refractivity contribution >= 4 is 29.3 Å². The number of aryl methyl sites for hydroxylation is 1. The molecule has 0 spiro atoms. The van der Waals surface area contributed by atoms with Crippen LogP contribution in [0.3, 0.4) is 0 Å². The summed E-state index contributed by atoms with van der Waals surface area (Å²) in [6.07, 6.45) is 6.14. The molecule has 1 aliphatic heterocycles. The summed E-state index contributed by atoms with van der Waals surface area (Å²) in [6.45, 7) is 2.73. The second-order valence-corrected chi connectivity index (χ2v) is 6.08. The van der Waals surface area contributed by atoms with Gasteiger partial charge in [0.1, 0.15) is 6.54 Å². The molecule has 1 N–H and O–H groups in total. The monoisotopic (exact) mass is 310 g/mol. The molecule has 1 amide bonds. The Morgan fingerprint density at radius 2 is 2.24 bits per heavy atom. The van der Waals surface area contributed by atoms with Crippen molar-refractivity contribution in [1.29, 1.82) is 0 Å². The average Bonchev–Trinajstić information content (AvgIpc) is 2.88. The standard InChI is InChI=1S/C14H18N2O4S/c1-10-15-8-12(21-10)2-3-13(17)16(9-14(18)19)11-4-6-20-7-5-11/h2-3,8,11H,4-7,9H2,1H3,(H,18,19).